The minimum atomic E-state index is 0.815. The maximum absolute atomic E-state index is 4.49. The maximum atomic E-state index is 4.49. The van der Waals surface area contributed by atoms with Gasteiger partial charge in [0.1, 0.15) is 0 Å². The average Bonchev–Trinajstić information content (AvgIpc) is 2.87. The predicted molar refractivity (Wildman–Crippen MR) is 78.7 cm³/mol. The first-order valence-corrected chi connectivity index (χ1v) is 7.81. The summed E-state index contributed by atoms with van der Waals surface area (Å²) in [5.41, 5.74) is 2.47. The lowest BCUT2D eigenvalue weighted by atomic mass is 9.91. The molecule has 1 N–H and O–H groups in total. The zero-order chi connectivity index (χ0) is 13.1. The van der Waals surface area contributed by atoms with E-state index >= 15 is 0 Å². The summed E-state index contributed by atoms with van der Waals surface area (Å²) < 4.78 is 3.25. The summed E-state index contributed by atoms with van der Waals surface area (Å²) in [6.45, 7) is 6.51. The lowest BCUT2D eigenvalue weighted by Crippen LogP contribution is -2.26. The van der Waals surface area contributed by atoms with Crippen molar-refractivity contribution in [2.45, 2.75) is 39.5 Å². The van der Waals surface area contributed by atoms with Gasteiger partial charge in [0.25, 0.3) is 0 Å². The summed E-state index contributed by atoms with van der Waals surface area (Å²) in [5, 5.41) is 8.00. The Morgan fingerprint density at radius 2 is 2.11 bits per heavy atom. The van der Waals surface area contributed by atoms with Crippen LogP contribution in [-0.2, 0) is 13.5 Å². The second kappa shape index (κ2) is 6.20. The van der Waals surface area contributed by atoms with E-state index in [0.717, 1.165) is 30.5 Å². The van der Waals surface area contributed by atoms with E-state index < -0.39 is 0 Å². The van der Waals surface area contributed by atoms with Gasteiger partial charge < -0.3 is 5.32 Å². The molecule has 1 saturated carbocycles. The Bertz CT molecular complexity index is 400. The van der Waals surface area contributed by atoms with Crippen LogP contribution < -0.4 is 5.32 Å². The highest BCUT2D eigenvalue weighted by Crippen LogP contribution is 2.35. The van der Waals surface area contributed by atoms with E-state index in [2.05, 4.69) is 47.2 Å². The Morgan fingerprint density at radius 3 is 2.72 bits per heavy atom. The molecule has 18 heavy (non-hydrogen) atoms. The van der Waals surface area contributed by atoms with Crippen LogP contribution >= 0.6 is 15.9 Å². The van der Waals surface area contributed by atoms with Crippen LogP contribution in [0.1, 0.15) is 37.6 Å². The lowest BCUT2D eigenvalue weighted by Gasteiger charge is -2.20. The van der Waals surface area contributed by atoms with Gasteiger partial charge in [-0.3, -0.25) is 4.68 Å². The third kappa shape index (κ3) is 2.97. The number of rotatable bonds is 5. The van der Waals surface area contributed by atoms with E-state index in [1.165, 1.54) is 36.0 Å². The molecule has 1 heterocycles. The largest absolute Gasteiger partial charge is 0.317 e. The van der Waals surface area contributed by atoms with Crippen LogP contribution in [0.5, 0.6) is 0 Å². The average molecular weight is 314 g/mol. The zero-order valence-electron chi connectivity index (χ0n) is 11.7. The summed E-state index contributed by atoms with van der Waals surface area (Å²) in [7, 11) is 2.06. The lowest BCUT2D eigenvalue weighted by molar-refractivity contribution is 0.361. The van der Waals surface area contributed by atoms with Gasteiger partial charge in [0.2, 0.25) is 0 Å². The fraction of sp³-hybridized carbons (Fsp3) is 0.786. The third-order valence-electron chi connectivity index (χ3n) is 4.19. The van der Waals surface area contributed by atoms with E-state index in [4.69, 9.17) is 0 Å². The van der Waals surface area contributed by atoms with E-state index in [1.807, 2.05) is 4.68 Å². The topological polar surface area (TPSA) is 29.9 Å². The number of nitrogens with one attached hydrogen (secondary N) is 1. The maximum Gasteiger partial charge on any atom is 0.0738 e. The van der Waals surface area contributed by atoms with Crippen molar-refractivity contribution in [1.82, 2.24) is 15.1 Å². The normalized spacial score (nSPS) is 23.8. The molecule has 0 spiro atoms. The highest BCUT2D eigenvalue weighted by atomic mass is 79.9. The van der Waals surface area contributed by atoms with Gasteiger partial charge in [-0.1, -0.05) is 13.3 Å². The van der Waals surface area contributed by atoms with Gasteiger partial charge in [-0.25, -0.2) is 0 Å². The summed E-state index contributed by atoms with van der Waals surface area (Å²) in [5.74, 6) is 1.65. The van der Waals surface area contributed by atoms with Gasteiger partial charge in [-0.15, -0.1) is 0 Å². The van der Waals surface area contributed by atoms with Crippen molar-refractivity contribution in [3.8, 4) is 0 Å². The second-order valence-electron chi connectivity index (χ2n) is 5.43. The molecule has 1 aromatic rings. The molecular formula is C14H24BrN3. The number of hydrogen-bond donors (Lipinski definition) is 1. The molecule has 0 amide bonds. The summed E-state index contributed by atoms with van der Waals surface area (Å²) in [6.07, 6.45) is 5.29. The first-order valence-electron chi connectivity index (χ1n) is 7.02. The summed E-state index contributed by atoms with van der Waals surface area (Å²) in [4.78, 5) is 0. The highest BCUT2D eigenvalue weighted by molar-refractivity contribution is 9.10. The molecule has 1 aliphatic rings. The van der Waals surface area contributed by atoms with Crippen LogP contribution in [-0.4, -0.2) is 22.9 Å². The van der Waals surface area contributed by atoms with Crippen LogP contribution in [0.3, 0.4) is 0 Å². The van der Waals surface area contributed by atoms with Gasteiger partial charge in [0.05, 0.1) is 15.9 Å². The zero-order valence-corrected chi connectivity index (χ0v) is 13.3. The van der Waals surface area contributed by atoms with Crippen molar-refractivity contribution in [2.75, 3.05) is 13.1 Å². The van der Waals surface area contributed by atoms with Gasteiger partial charge in [-0.2, -0.15) is 5.10 Å². The quantitative estimate of drug-likeness (QED) is 0.905. The summed E-state index contributed by atoms with van der Waals surface area (Å²) >= 11 is 3.68. The van der Waals surface area contributed by atoms with Crippen molar-refractivity contribution in [2.24, 2.45) is 18.9 Å². The van der Waals surface area contributed by atoms with Crippen LogP contribution in [0.25, 0.3) is 0 Å². The van der Waals surface area contributed by atoms with Gasteiger partial charge in [0, 0.05) is 7.05 Å². The van der Waals surface area contributed by atoms with Gasteiger partial charge in [-0.05, 0) is 67.0 Å². The Balaban J connectivity index is 2.03. The molecule has 102 valence electrons. The number of aryl methyl sites for hydroxylation is 2. The Morgan fingerprint density at radius 1 is 1.39 bits per heavy atom. The first kappa shape index (κ1) is 14.1. The smallest absolute Gasteiger partial charge is 0.0738 e. The van der Waals surface area contributed by atoms with E-state index in [9.17, 15) is 0 Å². The molecule has 2 unspecified atom stereocenters. The van der Waals surface area contributed by atoms with Crippen molar-refractivity contribution in [1.29, 1.82) is 0 Å². The monoisotopic (exact) mass is 313 g/mol. The predicted octanol–water partition coefficient (Wildman–Crippen LogP) is 3.06. The Hall–Kier alpha value is -0.350. The SMILES string of the molecule is CCNCC1CCCC1Cc1c(Br)c(C)nn1C. The minimum absolute atomic E-state index is 0.815. The van der Waals surface area contributed by atoms with Crippen LogP contribution in [0.2, 0.25) is 0 Å². The van der Waals surface area contributed by atoms with E-state index in [1.54, 1.807) is 0 Å². The molecule has 0 saturated heterocycles. The Labute approximate surface area is 118 Å². The molecule has 2 atom stereocenters. The van der Waals surface area contributed by atoms with E-state index in [-0.39, 0.29) is 0 Å². The van der Waals surface area contributed by atoms with Gasteiger partial charge in [0.15, 0.2) is 0 Å². The van der Waals surface area contributed by atoms with E-state index in [0.29, 0.717) is 0 Å². The van der Waals surface area contributed by atoms with Crippen LogP contribution in [0.4, 0.5) is 0 Å². The van der Waals surface area contributed by atoms with Crippen LogP contribution in [0, 0.1) is 18.8 Å². The fourth-order valence-electron chi connectivity index (χ4n) is 3.13. The molecule has 1 aromatic heterocycles. The molecule has 2 rings (SSSR count). The molecule has 1 fully saturated rings. The molecule has 0 bridgehead atoms. The van der Waals surface area contributed by atoms with Crippen molar-refractivity contribution >= 4 is 15.9 Å². The molecule has 0 radical (unpaired) electrons. The van der Waals surface area contributed by atoms with Crippen LogP contribution in [0.15, 0.2) is 4.47 Å². The number of aromatic nitrogens is 2. The third-order valence-corrected chi connectivity index (χ3v) is 5.22. The van der Waals surface area contributed by atoms with Crippen molar-refractivity contribution in [3.63, 3.8) is 0 Å². The van der Waals surface area contributed by atoms with Crippen molar-refractivity contribution < 1.29 is 0 Å². The number of hydrogen-bond acceptors (Lipinski definition) is 2. The molecule has 0 aromatic carbocycles. The first-order chi connectivity index (χ1) is 8.63. The summed E-state index contributed by atoms with van der Waals surface area (Å²) in [6, 6.07) is 0. The molecule has 4 heteroatoms. The molecule has 0 aliphatic heterocycles. The standard InChI is InChI=1S/C14H24BrN3/c1-4-16-9-12-7-5-6-11(12)8-13-14(15)10(2)17-18(13)3/h11-12,16H,4-9H2,1-3H3. The minimum Gasteiger partial charge on any atom is -0.317 e. The number of halogens is 1. The second-order valence-corrected chi connectivity index (χ2v) is 6.23. The van der Waals surface area contributed by atoms with Crippen molar-refractivity contribution in [3.05, 3.63) is 15.9 Å². The Kier molecular flexibility index (Phi) is 4.84. The van der Waals surface area contributed by atoms with Gasteiger partial charge >= 0.3 is 0 Å². The highest BCUT2D eigenvalue weighted by Gasteiger charge is 2.28. The fourth-order valence-corrected chi connectivity index (χ4v) is 3.63. The number of nitrogens with zero attached hydrogens (tertiary/aromatic N) is 2. The molecular weight excluding hydrogens is 290 g/mol. The molecule has 1 aliphatic carbocycles. The molecule has 3 nitrogen and oxygen atoms in total.